The van der Waals surface area contributed by atoms with Gasteiger partial charge in [0.2, 0.25) is 0 Å². The largest absolute Gasteiger partial charge is 0.310 e. The molecule has 0 unspecified atom stereocenters. The SMILES string of the molecule is Cc1nn(-c2ccc(CNC3CC3)cc2)cc1Cl. The Labute approximate surface area is 112 Å². The van der Waals surface area contributed by atoms with Crippen LogP contribution in [0, 0.1) is 6.92 Å². The number of nitrogens with zero attached hydrogens (tertiary/aromatic N) is 2. The summed E-state index contributed by atoms with van der Waals surface area (Å²) in [7, 11) is 0. The Bertz CT molecular complexity index is 521. The number of rotatable bonds is 4. The molecule has 2 aromatic rings. The summed E-state index contributed by atoms with van der Waals surface area (Å²) in [5.74, 6) is 0. The third-order valence-corrected chi connectivity index (χ3v) is 3.58. The van der Waals surface area contributed by atoms with Crippen LogP contribution < -0.4 is 5.32 Å². The van der Waals surface area contributed by atoms with Gasteiger partial charge in [-0.15, -0.1) is 0 Å². The summed E-state index contributed by atoms with van der Waals surface area (Å²) in [6, 6.07) is 9.17. The van der Waals surface area contributed by atoms with E-state index in [-0.39, 0.29) is 0 Å². The molecule has 1 aromatic carbocycles. The molecule has 1 fully saturated rings. The van der Waals surface area contributed by atoms with E-state index in [0.717, 1.165) is 24.0 Å². The van der Waals surface area contributed by atoms with E-state index in [1.165, 1.54) is 18.4 Å². The Balaban J connectivity index is 1.73. The second-order valence-electron chi connectivity index (χ2n) is 4.83. The van der Waals surface area contributed by atoms with Crippen LogP contribution in [0.25, 0.3) is 5.69 Å². The van der Waals surface area contributed by atoms with Gasteiger partial charge >= 0.3 is 0 Å². The summed E-state index contributed by atoms with van der Waals surface area (Å²) in [5, 5.41) is 8.57. The average Bonchev–Trinajstić information content (AvgIpc) is 3.14. The van der Waals surface area contributed by atoms with Crippen LogP contribution >= 0.6 is 11.6 Å². The molecule has 1 aromatic heterocycles. The van der Waals surface area contributed by atoms with E-state index in [1.807, 2.05) is 17.8 Å². The van der Waals surface area contributed by atoms with Gasteiger partial charge in [-0.05, 0) is 37.5 Å². The van der Waals surface area contributed by atoms with Gasteiger partial charge in [-0.3, -0.25) is 0 Å². The first-order valence-corrected chi connectivity index (χ1v) is 6.64. The maximum absolute atomic E-state index is 6.01. The molecule has 18 heavy (non-hydrogen) atoms. The van der Waals surface area contributed by atoms with Crippen LogP contribution in [0.3, 0.4) is 0 Å². The van der Waals surface area contributed by atoms with Crippen molar-refractivity contribution in [2.24, 2.45) is 0 Å². The molecule has 3 nitrogen and oxygen atoms in total. The summed E-state index contributed by atoms with van der Waals surface area (Å²) in [6.45, 7) is 2.86. The minimum absolute atomic E-state index is 0.703. The first kappa shape index (κ1) is 11.8. The predicted molar refractivity (Wildman–Crippen MR) is 73.2 cm³/mol. The number of hydrogen-bond donors (Lipinski definition) is 1. The van der Waals surface area contributed by atoms with E-state index in [4.69, 9.17) is 11.6 Å². The maximum Gasteiger partial charge on any atom is 0.0819 e. The van der Waals surface area contributed by atoms with E-state index in [9.17, 15) is 0 Å². The highest BCUT2D eigenvalue weighted by atomic mass is 35.5. The van der Waals surface area contributed by atoms with E-state index in [2.05, 4.69) is 34.7 Å². The highest BCUT2D eigenvalue weighted by Crippen LogP contribution is 2.20. The van der Waals surface area contributed by atoms with Crippen LogP contribution in [0.5, 0.6) is 0 Å². The number of hydrogen-bond acceptors (Lipinski definition) is 2. The van der Waals surface area contributed by atoms with Crippen molar-refractivity contribution < 1.29 is 0 Å². The van der Waals surface area contributed by atoms with E-state index >= 15 is 0 Å². The van der Waals surface area contributed by atoms with Gasteiger partial charge in [0.15, 0.2) is 0 Å². The van der Waals surface area contributed by atoms with Gasteiger partial charge in [0.05, 0.1) is 16.4 Å². The molecule has 0 radical (unpaired) electrons. The minimum atomic E-state index is 0.703. The fourth-order valence-corrected chi connectivity index (χ4v) is 2.02. The van der Waals surface area contributed by atoms with E-state index in [1.54, 1.807) is 0 Å². The smallest absolute Gasteiger partial charge is 0.0819 e. The van der Waals surface area contributed by atoms with Crippen LogP contribution in [0.2, 0.25) is 5.02 Å². The molecule has 0 aliphatic heterocycles. The lowest BCUT2D eigenvalue weighted by atomic mass is 10.2. The molecule has 1 saturated carbocycles. The molecule has 3 rings (SSSR count). The van der Waals surface area contributed by atoms with Gasteiger partial charge in [-0.2, -0.15) is 5.10 Å². The molecule has 1 N–H and O–H groups in total. The van der Waals surface area contributed by atoms with Gasteiger partial charge in [-0.1, -0.05) is 23.7 Å². The van der Waals surface area contributed by atoms with E-state index in [0.29, 0.717) is 5.02 Å². The van der Waals surface area contributed by atoms with Crippen LogP contribution in [-0.4, -0.2) is 15.8 Å². The summed E-state index contributed by atoms with van der Waals surface area (Å²) < 4.78 is 1.82. The van der Waals surface area contributed by atoms with Crippen LogP contribution in [0.1, 0.15) is 24.1 Å². The second kappa shape index (κ2) is 4.75. The summed E-state index contributed by atoms with van der Waals surface area (Å²) in [6.07, 6.45) is 4.49. The molecule has 4 heteroatoms. The maximum atomic E-state index is 6.01. The molecule has 1 aliphatic rings. The van der Waals surface area contributed by atoms with Crippen molar-refractivity contribution >= 4 is 11.6 Å². The molecular weight excluding hydrogens is 246 g/mol. The third kappa shape index (κ3) is 2.57. The topological polar surface area (TPSA) is 29.9 Å². The lowest BCUT2D eigenvalue weighted by Crippen LogP contribution is -2.15. The number of aryl methyl sites for hydroxylation is 1. The molecule has 0 atom stereocenters. The standard InChI is InChI=1S/C14H16ClN3/c1-10-14(15)9-18(17-10)13-6-2-11(3-7-13)8-16-12-4-5-12/h2-3,6-7,9,12,16H,4-5,8H2,1H3. The zero-order valence-corrected chi connectivity index (χ0v) is 11.1. The summed E-state index contributed by atoms with van der Waals surface area (Å²) in [5.41, 5.74) is 3.21. The average molecular weight is 262 g/mol. The zero-order valence-electron chi connectivity index (χ0n) is 10.4. The molecule has 0 saturated heterocycles. The van der Waals surface area contributed by atoms with Crippen molar-refractivity contribution in [1.82, 2.24) is 15.1 Å². The number of halogens is 1. The lowest BCUT2D eigenvalue weighted by molar-refractivity contribution is 0.687. The van der Waals surface area contributed by atoms with Crippen molar-refractivity contribution in [2.45, 2.75) is 32.4 Å². The monoisotopic (exact) mass is 261 g/mol. The fraction of sp³-hybridized carbons (Fsp3) is 0.357. The Morgan fingerprint density at radius 2 is 2.06 bits per heavy atom. The molecule has 0 amide bonds. The first-order valence-electron chi connectivity index (χ1n) is 6.27. The molecular formula is C14H16ClN3. The molecule has 1 aliphatic carbocycles. The third-order valence-electron chi connectivity index (χ3n) is 3.21. The molecule has 94 valence electrons. The molecule has 0 spiro atoms. The number of nitrogens with one attached hydrogen (secondary N) is 1. The molecule has 0 bridgehead atoms. The van der Waals surface area contributed by atoms with Crippen molar-refractivity contribution in [2.75, 3.05) is 0 Å². The van der Waals surface area contributed by atoms with Gasteiger partial charge in [0.1, 0.15) is 0 Å². The number of aromatic nitrogens is 2. The Morgan fingerprint density at radius 3 is 2.61 bits per heavy atom. The quantitative estimate of drug-likeness (QED) is 0.917. The Morgan fingerprint density at radius 1 is 1.33 bits per heavy atom. The van der Waals surface area contributed by atoms with Crippen LogP contribution in [0.4, 0.5) is 0 Å². The summed E-state index contributed by atoms with van der Waals surface area (Å²) >= 11 is 6.01. The second-order valence-corrected chi connectivity index (χ2v) is 5.24. The Hall–Kier alpha value is -1.32. The van der Waals surface area contributed by atoms with Gasteiger partial charge in [-0.25, -0.2) is 4.68 Å². The van der Waals surface area contributed by atoms with Crippen molar-refractivity contribution in [3.8, 4) is 5.69 Å². The summed E-state index contributed by atoms with van der Waals surface area (Å²) in [4.78, 5) is 0. The van der Waals surface area contributed by atoms with Gasteiger partial charge in [0, 0.05) is 18.8 Å². The first-order chi connectivity index (χ1) is 8.72. The van der Waals surface area contributed by atoms with Crippen molar-refractivity contribution in [1.29, 1.82) is 0 Å². The van der Waals surface area contributed by atoms with E-state index < -0.39 is 0 Å². The highest BCUT2D eigenvalue weighted by Gasteiger charge is 2.19. The minimum Gasteiger partial charge on any atom is -0.310 e. The van der Waals surface area contributed by atoms with Crippen molar-refractivity contribution in [3.63, 3.8) is 0 Å². The Kier molecular flexibility index (Phi) is 3.10. The highest BCUT2D eigenvalue weighted by molar-refractivity contribution is 6.31. The van der Waals surface area contributed by atoms with Crippen LogP contribution in [0.15, 0.2) is 30.5 Å². The van der Waals surface area contributed by atoms with Gasteiger partial charge < -0.3 is 5.32 Å². The van der Waals surface area contributed by atoms with Gasteiger partial charge in [0.25, 0.3) is 0 Å². The van der Waals surface area contributed by atoms with Crippen LogP contribution in [-0.2, 0) is 6.54 Å². The fourth-order valence-electron chi connectivity index (χ4n) is 1.89. The zero-order chi connectivity index (χ0) is 12.5. The van der Waals surface area contributed by atoms with Crippen molar-refractivity contribution in [3.05, 3.63) is 46.7 Å². The normalized spacial score (nSPS) is 15.0. The lowest BCUT2D eigenvalue weighted by Gasteiger charge is -2.05. The number of benzene rings is 1. The molecule has 1 heterocycles. The predicted octanol–water partition coefficient (Wildman–Crippen LogP) is 3.09.